The summed E-state index contributed by atoms with van der Waals surface area (Å²) >= 11 is 0. The molecule has 0 spiro atoms. The Hall–Kier alpha value is -4.51. The largest absolute Gasteiger partial charge is 0.456 e. The van der Waals surface area contributed by atoms with Crippen LogP contribution in [0.15, 0.2) is 112 Å². The average Bonchev–Trinajstić information content (AvgIpc) is 3.05. The van der Waals surface area contributed by atoms with Crippen molar-refractivity contribution < 1.29 is 13.9 Å². The summed E-state index contributed by atoms with van der Waals surface area (Å²) in [6, 6.07) is 23.9. The van der Waals surface area contributed by atoms with Crippen molar-refractivity contribution in [3.63, 3.8) is 0 Å². The molecule has 1 saturated heterocycles. The smallest absolute Gasteiger partial charge is 0.200 e. The summed E-state index contributed by atoms with van der Waals surface area (Å²) in [5.41, 5.74) is 4.81. The number of allylic oxidation sites excluding steroid dienone is 3. The third-order valence-electron chi connectivity index (χ3n) is 9.45. The van der Waals surface area contributed by atoms with Gasteiger partial charge in [-0.25, -0.2) is 0 Å². The number of fused-ring (bicyclic) bond motifs is 6. The van der Waals surface area contributed by atoms with Crippen molar-refractivity contribution in [1.29, 1.82) is 0 Å². The van der Waals surface area contributed by atoms with E-state index in [1.54, 1.807) is 0 Å². The Morgan fingerprint density at radius 1 is 0.628 bits per heavy atom. The van der Waals surface area contributed by atoms with Crippen molar-refractivity contribution in [3.8, 4) is 11.1 Å². The van der Waals surface area contributed by atoms with Gasteiger partial charge in [0.1, 0.15) is 29.3 Å². The van der Waals surface area contributed by atoms with Crippen LogP contribution in [0.5, 0.6) is 0 Å². The summed E-state index contributed by atoms with van der Waals surface area (Å²) in [6.07, 6.45) is 19.5. The van der Waals surface area contributed by atoms with E-state index < -0.39 is 0 Å². The molecule has 5 unspecified atom stereocenters. The Morgan fingerprint density at radius 3 is 2.28 bits per heavy atom. The van der Waals surface area contributed by atoms with E-state index in [2.05, 4.69) is 72.8 Å². The molecule has 5 aromatic rings. The molecular weight excluding hydrogens is 532 g/mol. The highest BCUT2D eigenvalue weighted by atomic mass is 16.6. The van der Waals surface area contributed by atoms with E-state index >= 15 is 0 Å². The van der Waals surface area contributed by atoms with Crippen molar-refractivity contribution in [2.45, 2.75) is 49.6 Å². The maximum atomic E-state index is 13.1. The molecule has 2 heterocycles. The second kappa shape index (κ2) is 9.77. The van der Waals surface area contributed by atoms with Gasteiger partial charge in [0.15, 0.2) is 5.43 Å². The van der Waals surface area contributed by atoms with Crippen LogP contribution in [0.2, 0.25) is 0 Å². The molecule has 0 radical (unpaired) electrons. The SMILES string of the molecule is O=c1c2c(oc3cc(-c4ccc5cc6ccc(C7C=CC8OC9C=CC=CC9OC8C7)cc6cc5c4)ccc13)=CCCC=2. The minimum absolute atomic E-state index is 0.00138. The van der Waals surface area contributed by atoms with E-state index in [1.807, 2.05) is 42.5 Å². The Kier molecular flexibility index (Phi) is 5.69. The van der Waals surface area contributed by atoms with Gasteiger partial charge in [-0.05, 0) is 93.9 Å². The first-order chi connectivity index (χ1) is 21.2. The van der Waals surface area contributed by atoms with Crippen molar-refractivity contribution in [3.05, 3.63) is 130 Å². The van der Waals surface area contributed by atoms with E-state index in [1.165, 1.54) is 27.1 Å². The lowest BCUT2D eigenvalue weighted by atomic mass is 9.84. The summed E-state index contributed by atoms with van der Waals surface area (Å²) < 4.78 is 19.0. The molecule has 0 amide bonds. The summed E-state index contributed by atoms with van der Waals surface area (Å²) in [5, 5.41) is 6.16. The fourth-order valence-corrected chi connectivity index (χ4v) is 7.16. The molecule has 0 bridgehead atoms. The lowest BCUT2D eigenvalue weighted by Crippen LogP contribution is -2.49. The lowest BCUT2D eigenvalue weighted by Gasteiger charge is -2.42. The van der Waals surface area contributed by atoms with E-state index in [9.17, 15) is 4.79 Å². The number of hydrogen-bond donors (Lipinski definition) is 0. The fourth-order valence-electron chi connectivity index (χ4n) is 7.16. The Labute approximate surface area is 248 Å². The minimum atomic E-state index is -0.00335. The highest BCUT2D eigenvalue weighted by Crippen LogP contribution is 2.38. The lowest BCUT2D eigenvalue weighted by molar-refractivity contribution is -0.181. The maximum Gasteiger partial charge on any atom is 0.200 e. The summed E-state index contributed by atoms with van der Waals surface area (Å²) in [5.74, 6) is 0.281. The maximum absolute atomic E-state index is 13.1. The molecule has 5 atom stereocenters. The Balaban J connectivity index is 1.06. The molecule has 0 N–H and O–H groups in total. The van der Waals surface area contributed by atoms with Gasteiger partial charge in [0.2, 0.25) is 0 Å². The number of benzene rings is 4. The minimum Gasteiger partial charge on any atom is -0.456 e. The van der Waals surface area contributed by atoms with E-state index in [0.717, 1.165) is 30.4 Å². The van der Waals surface area contributed by atoms with Crippen molar-refractivity contribution in [1.82, 2.24) is 0 Å². The van der Waals surface area contributed by atoms with Crippen LogP contribution < -0.4 is 16.1 Å². The van der Waals surface area contributed by atoms with Crippen LogP contribution in [0, 0.1) is 0 Å². The number of hydrogen-bond acceptors (Lipinski definition) is 4. The van der Waals surface area contributed by atoms with Gasteiger partial charge in [-0.1, -0.05) is 78.9 Å². The third-order valence-corrected chi connectivity index (χ3v) is 9.45. The fraction of sp³-hybridized carbons (Fsp3) is 0.205. The molecule has 4 aliphatic rings. The molecule has 1 aromatic heterocycles. The van der Waals surface area contributed by atoms with Crippen LogP contribution in [-0.2, 0) is 9.47 Å². The van der Waals surface area contributed by atoms with E-state index in [-0.39, 0.29) is 35.8 Å². The predicted molar refractivity (Wildman–Crippen MR) is 172 cm³/mol. The summed E-state index contributed by atoms with van der Waals surface area (Å²) in [4.78, 5) is 13.1. The van der Waals surface area contributed by atoms with Gasteiger partial charge in [-0.15, -0.1) is 0 Å². The van der Waals surface area contributed by atoms with Crippen LogP contribution in [-0.4, -0.2) is 24.4 Å². The second-order valence-corrected chi connectivity index (χ2v) is 12.1. The highest BCUT2D eigenvalue weighted by Gasteiger charge is 2.39. The van der Waals surface area contributed by atoms with Gasteiger partial charge in [0.25, 0.3) is 0 Å². The predicted octanol–water partition coefficient (Wildman–Crippen LogP) is 6.81. The van der Waals surface area contributed by atoms with E-state index in [4.69, 9.17) is 13.9 Å². The normalized spacial score (nSPS) is 25.6. The van der Waals surface area contributed by atoms with Gasteiger partial charge < -0.3 is 13.9 Å². The first-order valence-electron chi connectivity index (χ1n) is 15.3. The van der Waals surface area contributed by atoms with E-state index in [0.29, 0.717) is 21.6 Å². The molecule has 4 nitrogen and oxygen atoms in total. The molecule has 43 heavy (non-hydrogen) atoms. The molecule has 4 aromatic carbocycles. The second-order valence-electron chi connectivity index (χ2n) is 12.1. The van der Waals surface area contributed by atoms with Crippen LogP contribution in [0.3, 0.4) is 0 Å². The first-order valence-corrected chi connectivity index (χ1v) is 15.3. The van der Waals surface area contributed by atoms with Gasteiger partial charge in [-0.2, -0.15) is 0 Å². The summed E-state index contributed by atoms with van der Waals surface area (Å²) in [7, 11) is 0. The van der Waals surface area contributed by atoms with Crippen molar-refractivity contribution in [2.75, 3.05) is 0 Å². The number of rotatable bonds is 2. The summed E-state index contributed by atoms with van der Waals surface area (Å²) in [6.45, 7) is 0. The molecule has 1 aliphatic heterocycles. The highest BCUT2D eigenvalue weighted by molar-refractivity contribution is 6.00. The number of ether oxygens (including phenoxy) is 2. The molecule has 9 rings (SSSR count). The van der Waals surface area contributed by atoms with Crippen molar-refractivity contribution in [2.24, 2.45) is 0 Å². The van der Waals surface area contributed by atoms with Crippen LogP contribution >= 0.6 is 0 Å². The van der Waals surface area contributed by atoms with Crippen LogP contribution in [0.1, 0.15) is 30.7 Å². The Bertz CT molecular complexity index is 2230. The molecule has 4 heteroatoms. The van der Waals surface area contributed by atoms with Crippen LogP contribution in [0.4, 0.5) is 0 Å². The van der Waals surface area contributed by atoms with Gasteiger partial charge >= 0.3 is 0 Å². The van der Waals surface area contributed by atoms with Gasteiger partial charge in [0.05, 0.1) is 16.7 Å². The zero-order valence-corrected chi connectivity index (χ0v) is 23.6. The molecule has 0 saturated carbocycles. The molecule has 1 fully saturated rings. The third kappa shape index (κ3) is 4.24. The zero-order valence-electron chi connectivity index (χ0n) is 23.6. The monoisotopic (exact) mass is 562 g/mol. The topological polar surface area (TPSA) is 48.7 Å². The molecule has 3 aliphatic carbocycles. The van der Waals surface area contributed by atoms with Crippen LogP contribution in [0.25, 0.3) is 55.8 Å². The van der Waals surface area contributed by atoms with Gasteiger partial charge in [-0.3, -0.25) is 4.79 Å². The van der Waals surface area contributed by atoms with Crippen molar-refractivity contribution >= 4 is 44.7 Å². The zero-order chi connectivity index (χ0) is 28.5. The Morgan fingerprint density at radius 2 is 1.37 bits per heavy atom. The first kappa shape index (κ1) is 25.0. The average molecular weight is 563 g/mol. The molecular formula is C39H30O4. The quantitative estimate of drug-likeness (QED) is 0.175. The molecule has 210 valence electrons. The standard InChI is InChI=1S/C39H30O4/c40-39-31-5-1-2-6-33(31)41-37-21-27(13-15-32(37)39)23-9-11-25-17-26-12-10-24(19-30(26)20-29(25)18-23)28-14-16-36-38(22-28)43-35-8-4-3-7-34(35)42-36/h3-21,28,34-36,38H,1-2,22H2. The van der Waals surface area contributed by atoms with Gasteiger partial charge in [0, 0.05) is 5.92 Å².